The average molecular weight is 501 g/mol. The van der Waals surface area contributed by atoms with Gasteiger partial charge in [-0.15, -0.1) is 0 Å². The summed E-state index contributed by atoms with van der Waals surface area (Å²) < 4.78 is 21.7. The van der Waals surface area contributed by atoms with Crippen LogP contribution in [0.15, 0.2) is 74.1 Å². The van der Waals surface area contributed by atoms with Gasteiger partial charge in [0.1, 0.15) is 5.82 Å². The first kappa shape index (κ1) is 21.4. The van der Waals surface area contributed by atoms with E-state index in [1.807, 2.05) is 24.3 Å². The molecule has 1 aromatic heterocycles. The first-order valence-corrected chi connectivity index (χ1v) is 11.2. The first-order valence-electron chi connectivity index (χ1n) is 9.59. The van der Waals surface area contributed by atoms with Gasteiger partial charge in [0.2, 0.25) is 0 Å². The van der Waals surface area contributed by atoms with Crippen molar-refractivity contribution < 1.29 is 13.9 Å². The Kier molecular flexibility index (Phi) is 6.02. The normalized spacial score (nSPS) is 16.1. The van der Waals surface area contributed by atoms with Crippen molar-refractivity contribution in [2.45, 2.75) is 19.9 Å². The van der Waals surface area contributed by atoms with Gasteiger partial charge in [-0.3, -0.25) is 9.36 Å². The lowest BCUT2D eigenvalue weighted by Gasteiger charge is -2.24. The van der Waals surface area contributed by atoms with E-state index in [4.69, 9.17) is 4.74 Å². The van der Waals surface area contributed by atoms with Crippen LogP contribution in [0.3, 0.4) is 0 Å². The Hall–Kier alpha value is -2.84. The number of rotatable bonds is 4. The molecule has 0 N–H and O–H groups in total. The molecular weight excluding hydrogens is 483 g/mol. The summed E-state index contributed by atoms with van der Waals surface area (Å²) in [5.41, 5.74) is 1.96. The predicted molar refractivity (Wildman–Crippen MR) is 121 cm³/mol. The molecule has 1 aliphatic rings. The van der Waals surface area contributed by atoms with E-state index >= 15 is 0 Å². The smallest absolute Gasteiger partial charge is 0.338 e. The molecule has 1 aliphatic heterocycles. The number of nitrogens with zero attached hydrogens (tertiary/aromatic N) is 2. The molecule has 2 aromatic carbocycles. The molecule has 0 saturated heterocycles. The molecule has 2 heterocycles. The SMILES string of the molecule is CCOC(=O)C1=C(C)N=c2s/c(=C/c3ccc(Br)cc3)c(=O)n2C1c1ccc(F)cc1. The number of benzene rings is 2. The van der Waals surface area contributed by atoms with Gasteiger partial charge in [0.25, 0.3) is 5.56 Å². The van der Waals surface area contributed by atoms with E-state index in [1.54, 1.807) is 32.1 Å². The fourth-order valence-electron chi connectivity index (χ4n) is 3.46. The Balaban J connectivity index is 1.94. The number of aromatic nitrogens is 1. The highest BCUT2D eigenvalue weighted by molar-refractivity contribution is 9.10. The van der Waals surface area contributed by atoms with Gasteiger partial charge in [0.05, 0.1) is 28.5 Å². The van der Waals surface area contributed by atoms with E-state index in [0.717, 1.165) is 10.0 Å². The second-order valence-corrected chi connectivity index (χ2v) is 8.83. The van der Waals surface area contributed by atoms with Gasteiger partial charge in [0.15, 0.2) is 4.80 Å². The Morgan fingerprint density at radius 1 is 1.23 bits per heavy atom. The van der Waals surface area contributed by atoms with Crippen molar-refractivity contribution in [2.75, 3.05) is 6.61 Å². The van der Waals surface area contributed by atoms with Crippen molar-refractivity contribution in [1.82, 2.24) is 4.57 Å². The number of fused-ring (bicyclic) bond motifs is 1. The molecule has 31 heavy (non-hydrogen) atoms. The molecule has 0 aliphatic carbocycles. The molecule has 4 rings (SSSR count). The molecule has 0 radical (unpaired) electrons. The minimum atomic E-state index is -0.747. The minimum absolute atomic E-state index is 0.194. The van der Waals surface area contributed by atoms with Crippen LogP contribution in [-0.2, 0) is 9.53 Å². The largest absolute Gasteiger partial charge is 0.463 e. The lowest BCUT2D eigenvalue weighted by Crippen LogP contribution is -2.39. The minimum Gasteiger partial charge on any atom is -0.463 e. The number of hydrogen-bond donors (Lipinski definition) is 0. The van der Waals surface area contributed by atoms with E-state index in [0.29, 0.717) is 20.6 Å². The molecule has 0 bridgehead atoms. The van der Waals surface area contributed by atoms with Gasteiger partial charge in [-0.25, -0.2) is 14.2 Å². The van der Waals surface area contributed by atoms with Crippen molar-refractivity contribution in [3.8, 4) is 0 Å². The zero-order valence-electron chi connectivity index (χ0n) is 16.8. The van der Waals surface area contributed by atoms with Gasteiger partial charge in [0, 0.05) is 4.47 Å². The quantitative estimate of drug-likeness (QED) is 0.513. The Bertz CT molecular complexity index is 1360. The van der Waals surface area contributed by atoms with Crippen molar-refractivity contribution in [2.24, 2.45) is 4.99 Å². The van der Waals surface area contributed by atoms with Crippen LogP contribution in [0.1, 0.15) is 31.0 Å². The number of carbonyl (C=O) groups excluding carboxylic acids is 1. The fourth-order valence-corrected chi connectivity index (χ4v) is 4.77. The van der Waals surface area contributed by atoms with Crippen LogP contribution < -0.4 is 14.9 Å². The molecule has 0 spiro atoms. The number of thiazole rings is 1. The molecule has 0 fully saturated rings. The summed E-state index contributed by atoms with van der Waals surface area (Å²) in [4.78, 5) is 31.2. The van der Waals surface area contributed by atoms with E-state index in [-0.39, 0.29) is 17.7 Å². The Labute approximate surface area is 190 Å². The van der Waals surface area contributed by atoms with Gasteiger partial charge in [-0.1, -0.05) is 51.5 Å². The predicted octanol–water partition coefficient (Wildman–Crippen LogP) is 3.70. The van der Waals surface area contributed by atoms with Crippen LogP contribution in [0.4, 0.5) is 4.39 Å². The topological polar surface area (TPSA) is 60.7 Å². The van der Waals surface area contributed by atoms with Crippen LogP contribution >= 0.6 is 27.3 Å². The van der Waals surface area contributed by atoms with Crippen molar-refractivity contribution in [1.29, 1.82) is 0 Å². The highest BCUT2D eigenvalue weighted by Gasteiger charge is 2.33. The lowest BCUT2D eigenvalue weighted by molar-refractivity contribution is -0.139. The average Bonchev–Trinajstić information content (AvgIpc) is 3.04. The molecular formula is C23H18BrFN2O3S. The number of esters is 1. The number of carbonyl (C=O) groups is 1. The summed E-state index contributed by atoms with van der Waals surface area (Å²) >= 11 is 4.65. The van der Waals surface area contributed by atoms with E-state index in [2.05, 4.69) is 20.9 Å². The highest BCUT2D eigenvalue weighted by atomic mass is 79.9. The van der Waals surface area contributed by atoms with Crippen molar-refractivity contribution >= 4 is 39.3 Å². The molecule has 0 saturated carbocycles. The molecule has 158 valence electrons. The Morgan fingerprint density at radius 3 is 2.55 bits per heavy atom. The lowest BCUT2D eigenvalue weighted by atomic mass is 9.96. The standard InChI is InChI=1S/C23H18BrFN2O3S/c1-3-30-22(29)19-13(2)26-23-27(20(19)15-6-10-17(25)11-7-15)21(28)18(31-23)12-14-4-8-16(24)9-5-14/h4-12,20H,3H2,1-2H3/b18-12+. The number of halogens is 2. The molecule has 3 aromatic rings. The van der Waals surface area contributed by atoms with Crippen LogP contribution in [0, 0.1) is 5.82 Å². The fraction of sp³-hybridized carbons (Fsp3) is 0.174. The summed E-state index contributed by atoms with van der Waals surface area (Å²) in [6.45, 7) is 3.63. The molecule has 1 atom stereocenters. The maximum atomic E-state index is 13.6. The molecule has 1 unspecified atom stereocenters. The number of hydrogen-bond acceptors (Lipinski definition) is 5. The monoisotopic (exact) mass is 500 g/mol. The summed E-state index contributed by atoms with van der Waals surface area (Å²) in [5, 5.41) is 0. The van der Waals surface area contributed by atoms with E-state index in [1.165, 1.54) is 28.0 Å². The van der Waals surface area contributed by atoms with Crippen LogP contribution in [0.2, 0.25) is 0 Å². The summed E-state index contributed by atoms with van der Waals surface area (Å²) in [5.74, 6) is -0.940. The second-order valence-electron chi connectivity index (χ2n) is 6.91. The van der Waals surface area contributed by atoms with Gasteiger partial charge >= 0.3 is 5.97 Å². The summed E-state index contributed by atoms with van der Waals surface area (Å²) in [6.07, 6.45) is 1.79. The number of ether oxygens (including phenoxy) is 1. The van der Waals surface area contributed by atoms with Gasteiger partial charge in [-0.05, 0) is 55.3 Å². The highest BCUT2D eigenvalue weighted by Crippen LogP contribution is 2.30. The third-order valence-corrected chi connectivity index (χ3v) is 6.38. The number of allylic oxidation sites excluding steroid dienone is 1. The maximum absolute atomic E-state index is 13.6. The van der Waals surface area contributed by atoms with Crippen LogP contribution in [-0.4, -0.2) is 17.1 Å². The molecule has 5 nitrogen and oxygen atoms in total. The summed E-state index contributed by atoms with van der Waals surface area (Å²) in [7, 11) is 0. The third kappa shape index (κ3) is 4.18. The first-order chi connectivity index (χ1) is 14.9. The zero-order valence-corrected chi connectivity index (χ0v) is 19.2. The summed E-state index contributed by atoms with van der Waals surface area (Å²) in [6, 6.07) is 12.6. The van der Waals surface area contributed by atoms with Gasteiger partial charge < -0.3 is 4.74 Å². The Morgan fingerprint density at radius 2 is 1.90 bits per heavy atom. The van der Waals surface area contributed by atoms with E-state index in [9.17, 15) is 14.0 Å². The van der Waals surface area contributed by atoms with Crippen LogP contribution in [0.25, 0.3) is 6.08 Å². The van der Waals surface area contributed by atoms with Crippen molar-refractivity contribution in [3.05, 3.63) is 101 Å². The second kappa shape index (κ2) is 8.72. The van der Waals surface area contributed by atoms with E-state index < -0.39 is 17.8 Å². The van der Waals surface area contributed by atoms with Crippen molar-refractivity contribution in [3.63, 3.8) is 0 Å². The van der Waals surface area contributed by atoms with Crippen LogP contribution in [0.5, 0.6) is 0 Å². The third-order valence-electron chi connectivity index (χ3n) is 4.87. The molecule has 8 heteroatoms. The zero-order chi connectivity index (χ0) is 22.1. The molecule has 0 amide bonds. The van der Waals surface area contributed by atoms with Gasteiger partial charge in [-0.2, -0.15) is 0 Å². The maximum Gasteiger partial charge on any atom is 0.338 e.